The highest BCUT2D eigenvalue weighted by Crippen LogP contribution is 2.27. The summed E-state index contributed by atoms with van der Waals surface area (Å²) in [6.07, 6.45) is 0.795. The Morgan fingerprint density at radius 1 is 1.29 bits per heavy atom. The van der Waals surface area contributed by atoms with Gasteiger partial charge in [-0.3, -0.25) is 0 Å². The number of rotatable bonds is 8. The monoisotopic (exact) mass is 376 g/mol. The molecule has 1 unspecified atom stereocenters. The molecule has 0 aliphatic rings. The summed E-state index contributed by atoms with van der Waals surface area (Å²) in [6.45, 7) is 9.94. The zero-order valence-corrected chi connectivity index (χ0v) is 15.6. The Morgan fingerprint density at radius 2 is 1.95 bits per heavy atom. The molecule has 1 aromatic carbocycles. The average molecular weight is 377 g/mol. The molecule has 1 N–H and O–H groups in total. The zero-order chi connectivity index (χ0) is 16.0. The molecule has 0 amide bonds. The van der Waals surface area contributed by atoms with Gasteiger partial charge in [-0.05, 0) is 53.5 Å². The lowest BCUT2D eigenvalue weighted by atomic mass is 10.2. The Kier molecular flexibility index (Phi) is 7.33. The molecule has 1 rings (SSSR count). The summed E-state index contributed by atoms with van der Waals surface area (Å²) < 4.78 is 27.8. The van der Waals surface area contributed by atoms with E-state index >= 15 is 0 Å². The Balaban J connectivity index is 3.13. The normalized spacial score (nSPS) is 13.6. The van der Waals surface area contributed by atoms with Gasteiger partial charge in [0, 0.05) is 23.6 Å². The van der Waals surface area contributed by atoms with Gasteiger partial charge in [0.25, 0.3) is 0 Å². The van der Waals surface area contributed by atoms with Crippen molar-refractivity contribution >= 4 is 26.0 Å². The zero-order valence-electron chi connectivity index (χ0n) is 13.2. The summed E-state index contributed by atoms with van der Waals surface area (Å²) >= 11 is 3.41. The van der Waals surface area contributed by atoms with E-state index in [1.54, 1.807) is 10.4 Å². The fraction of sp³-hybridized carbons (Fsp3) is 0.600. The maximum Gasteiger partial charge on any atom is 0.244 e. The number of nitrogens with zero attached hydrogens (tertiary/aromatic N) is 1. The van der Waals surface area contributed by atoms with Crippen LogP contribution in [0.5, 0.6) is 0 Å². The van der Waals surface area contributed by atoms with Gasteiger partial charge in [-0.25, -0.2) is 8.42 Å². The summed E-state index contributed by atoms with van der Waals surface area (Å²) in [5.74, 6) is 0. The van der Waals surface area contributed by atoms with E-state index in [4.69, 9.17) is 0 Å². The van der Waals surface area contributed by atoms with Crippen molar-refractivity contribution in [3.05, 3.63) is 28.2 Å². The van der Waals surface area contributed by atoms with Crippen molar-refractivity contribution < 1.29 is 8.42 Å². The topological polar surface area (TPSA) is 49.4 Å². The van der Waals surface area contributed by atoms with Crippen LogP contribution in [-0.4, -0.2) is 31.9 Å². The molecule has 0 bridgehead atoms. The molecule has 1 atom stereocenters. The van der Waals surface area contributed by atoms with Crippen LogP contribution in [0.25, 0.3) is 0 Å². The molecule has 0 fully saturated rings. The number of halogens is 1. The number of nitrogens with one attached hydrogen (secondary N) is 1. The molecule has 6 heteroatoms. The van der Waals surface area contributed by atoms with Gasteiger partial charge in [0.1, 0.15) is 0 Å². The second-order valence-corrected chi connectivity index (χ2v) is 7.72. The first-order valence-corrected chi connectivity index (χ1v) is 9.62. The molecule has 0 saturated heterocycles. The highest BCUT2D eigenvalue weighted by molar-refractivity contribution is 9.10. The summed E-state index contributed by atoms with van der Waals surface area (Å²) in [5, 5.41) is 3.23. The third kappa shape index (κ3) is 4.52. The number of sulfonamides is 1. The molecule has 4 nitrogen and oxygen atoms in total. The third-order valence-electron chi connectivity index (χ3n) is 3.56. The van der Waals surface area contributed by atoms with Crippen molar-refractivity contribution in [3.63, 3.8) is 0 Å². The van der Waals surface area contributed by atoms with Crippen molar-refractivity contribution in [3.8, 4) is 0 Å². The van der Waals surface area contributed by atoms with E-state index in [1.165, 1.54) is 0 Å². The third-order valence-corrected chi connectivity index (χ3v) is 6.62. The minimum absolute atomic E-state index is 0.00617. The lowest BCUT2D eigenvalue weighted by Gasteiger charge is -2.26. The number of hydrogen-bond donors (Lipinski definition) is 1. The van der Waals surface area contributed by atoms with Gasteiger partial charge in [0.15, 0.2) is 0 Å². The maximum absolute atomic E-state index is 12.8. The van der Waals surface area contributed by atoms with E-state index < -0.39 is 10.0 Å². The lowest BCUT2D eigenvalue weighted by molar-refractivity contribution is 0.342. The minimum Gasteiger partial charge on any atom is -0.313 e. The van der Waals surface area contributed by atoms with E-state index in [1.807, 2.05) is 39.8 Å². The van der Waals surface area contributed by atoms with Crippen molar-refractivity contribution in [1.29, 1.82) is 0 Å². The molecular formula is C15H25BrN2O2S. The second-order valence-electron chi connectivity index (χ2n) is 5.01. The SMILES string of the molecule is CCNCc1ccc(S(=O)(=O)N(CC)C(C)CC)c(Br)c1. The largest absolute Gasteiger partial charge is 0.313 e. The summed E-state index contributed by atoms with van der Waals surface area (Å²) in [6, 6.07) is 5.43. The van der Waals surface area contributed by atoms with Gasteiger partial charge in [-0.2, -0.15) is 4.31 Å². The van der Waals surface area contributed by atoms with Gasteiger partial charge in [0.2, 0.25) is 10.0 Å². The van der Waals surface area contributed by atoms with Crippen molar-refractivity contribution in [1.82, 2.24) is 9.62 Å². The fourth-order valence-electron chi connectivity index (χ4n) is 2.18. The molecule has 0 aliphatic heterocycles. The van der Waals surface area contributed by atoms with Crippen LogP contribution in [0.4, 0.5) is 0 Å². The predicted octanol–water partition coefficient (Wildman–Crippen LogP) is 3.37. The summed E-state index contributed by atoms with van der Waals surface area (Å²) in [4.78, 5) is 0.338. The van der Waals surface area contributed by atoms with Crippen LogP contribution in [0.2, 0.25) is 0 Å². The maximum atomic E-state index is 12.8. The molecule has 0 heterocycles. The van der Waals surface area contributed by atoms with Gasteiger partial charge in [-0.15, -0.1) is 0 Å². The summed E-state index contributed by atoms with van der Waals surface area (Å²) in [5.41, 5.74) is 1.06. The Morgan fingerprint density at radius 3 is 2.43 bits per heavy atom. The first-order valence-electron chi connectivity index (χ1n) is 7.39. The quantitative estimate of drug-likeness (QED) is 0.756. The smallest absolute Gasteiger partial charge is 0.244 e. The predicted molar refractivity (Wildman–Crippen MR) is 90.8 cm³/mol. The highest BCUT2D eigenvalue weighted by Gasteiger charge is 2.28. The van der Waals surface area contributed by atoms with E-state index in [0.717, 1.165) is 25.1 Å². The molecule has 0 radical (unpaired) electrons. The van der Waals surface area contributed by atoms with Crippen LogP contribution < -0.4 is 5.32 Å². The number of hydrogen-bond acceptors (Lipinski definition) is 3. The Labute approximate surface area is 137 Å². The van der Waals surface area contributed by atoms with Crippen molar-refractivity contribution in [2.75, 3.05) is 13.1 Å². The molecule has 21 heavy (non-hydrogen) atoms. The van der Waals surface area contributed by atoms with Crippen molar-refractivity contribution in [2.24, 2.45) is 0 Å². The van der Waals surface area contributed by atoms with E-state index in [-0.39, 0.29) is 6.04 Å². The lowest BCUT2D eigenvalue weighted by Crippen LogP contribution is -2.38. The van der Waals surface area contributed by atoms with Crippen LogP contribution in [0.15, 0.2) is 27.6 Å². The van der Waals surface area contributed by atoms with Gasteiger partial charge < -0.3 is 5.32 Å². The van der Waals surface area contributed by atoms with E-state index in [2.05, 4.69) is 21.2 Å². The van der Waals surface area contributed by atoms with Crippen molar-refractivity contribution in [2.45, 2.75) is 51.6 Å². The summed E-state index contributed by atoms with van der Waals surface area (Å²) in [7, 11) is -3.46. The molecule has 0 aromatic heterocycles. The fourth-order valence-corrected chi connectivity index (χ4v) is 4.98. The van der Waals surface area contributed by atoms with Crippen LogP contribution in [0.1, 0.15) is 39.7 Å². The molecule has 0 saturated carbocycles. The first-order chi connectivity index (χ1) is 9.88. The first kappa shape index (κ1) is 18.6. The standard InChI is InChI=1S/C15H25BrN2O2S/c1-5-12(4)18(7-3)21(19,20)15-9-8-13(10-14(15)16)11-17-6-2/h8-10,12,17H,5-7,11H2,1-4H3. The van der Waals surface area contributed by atoms with E-state index in [0.29, 0.717) is 15.9 Å². The Hall–Kier alpha value is -0.430. The van der Waals surface area contributed by atoms with Crippen LogP contribution in [0.3, 0.4) is 0 Å². The number of benzene rings is 1. The molecular weight excluding hydrogens is 352 g/mol. The molecule has 1 aromatic rings. The molecule has 0 aliphatic carbocycles. The molecule has 0 spiro atoms. The molecule has 120 valence electrons. The second kappa shape index (κ2) is 8.27. The highest BCUT2D eigenvalue weighted by atomic mass is 79.9. The Bertz CT molecular complexity index is 561. The van der Waals surface area contributed by atoms with Crippen LogP contribution in [-0.2, 0) is 16.6 Å². The van der Waals surface area contributed by atoms with Crippen LogP contribution in [0, 0.1) is 0 Å². The average Bonchev–Trinajstić information content (AvgIpc) is 2.45. The van der Waals surface area contributed by atoms with Gasteiger partial charge >= 0.3 is 0 Å². The van der Waals surface area contributed by atoms with Crippen LogP contribution >= 0.6 is 15.9 Å². The van der Waals surface area contributed by atoms with E-state index in [9.17, 15) is 8.42 Å². The van der Waals surface area contributed by atoms with Gasteiger partial charge in [-0.1, -0.05) is 26.8 Å². The minimum atomic E-state index is -3.46. The van der Waals surface area contributed by atoms with Gasteiger partial charge in [0.05, 0.1) is 4.90 Å².